The maximum absolute atomic E-state index is 14.4. The van der Waals surface area contributed by atoms with Crippen LogP contribution >= 0.6 is 0 Å². The molecular formula is C24H23F4NO. The van der Waals surface area contributed by atoms with E-state index in [2.05, 4.69) is 6.58 Å². The van der Waals surface area contributed by atoms with Crippen LogP contribution in [0.4, 0.5) is 17.6 Å². The van der Waals surface area contributed by atoms with Crippen molar-refractivity contribution < 1.29 is 22.3 Å². The first-order valence-corrected chi connectivity index (χ1v) is 9.97. The van der Waals surface area contributed by atoms with Crippen molar-refractivity contribution in [1.29, 1.82) is 5.26 Å². The molecule has 2 nitrogen and oxygen atoms in total. The van der Waals surface area contributed by atoms with Crippen LogP contribution in [0.1, 0.15) is 53.9 Å². The van der Waals surface area contributed by atoms with Crippen LogP contribution in [0.15, 0.2) is 49.1 Å². The highest BCUT2D eigenvalue weighted by Crippen LogP contribution is 2.37. The van der Waals surface area contributed by atoms with Crippen LogP contribution in [0.25, 0.3) is 0 Å². The van der Waals surface area contributed by atoms with Gasteiger partial charge in [-0.15, -0.1) is 6.58 Å². The topological polar surface area (TPSA) is 33.0 Å². The van der Waals surface area contributed by atoms with E-state index in [1.807, 2.05) is 6.08 Å². The minimum atomic E-state index is -3.51. The van der Waals surface area contributed by atoms with E-state index in [-0.39, 0.29) is 17.5 Å². The fraction of sp³-hybridized carbons (Fsp3) is 0.375. The largest absolute Gasteiger partial charge is 0.383 e. The lowest BCUT2D eigenvalue weighted by atomic mass is 9.79. The molecule has 0 aliphatic heterocycles. The van der Waals surface area contributed by atoms with E-state index < -0.39 is 29.9 Å². The van der Waals surface area contributed by atoms with Crippen molar-refractivity contribution in [3.8, 4) is 6.07 Å². The second-order valence-electron chi connectivity index (χ2n) is 7.63. The summed E-state index contributed by atoms with van der Waals surface area (Å²) in [4.78, 5) is 0. The lowest BCUT2D eigenvalue weighted by molar-refractivity contribution is -0.248. The zero-order valence-electron chi connectivity index (χ0n) is 16.5. The molecular weight excluding hydrogens is 394 g/mol. The molecule has 6 heteroatoms. The number of alkyl halides is 2. The van der Waals surface area contributed by atoms with Gasteiger partial charge in [-0.2, -0.15) is 14.0 Å². The first kappa shape index (κ1) is 22.0. The molecule has 0 bridgehead atoms. The smallest absolute Gasteiger partial charge is 0.316 e. The number of nitriles is 1. The highest BCUT2D eigenvalue weighted by molar-refractivity contribution is 5.35. The van der Waals surface area contributed by atoms with Crippen molar-refractivity contribution in [3.63, 3.8) is 0 Å². The van der Waals surface area contributed by atoms with Crippen molar-refractivity contribution >= 4 is 0 Å². The Hall–Kier alpha value is -2.65. The van der Waals surface area contributed by atoms with E-state index in [0.29, 0.717) is 11.8 Å². The van der Waals surface area contributed by atoms with E-state index in [1.165, 1.54) is 18.2 Å². The van der Waals surface area contributed by atoms with E-state index in [9.17, 15) is 17.6 Å². The van der Waals surface area contributed by atoms with Gasteiger partial charge < -0.3 is 4.74 Å². The number of ether oxygens (including phenoxy) is 1. The van der Waals surface area contributed by atoms with Gasteiger partial charge in [-0.1, -0.05) is 30.3 Å². The number of hydrogen-bond donors (Lipinski definition) is 0. The summed E-state index contributed by atoms with van der Waals surface area (Å²) in [6.45, 7) is 3.41. The maximum atomic E-state index is 14.4. The van der Waals surface area contributed by atoms with Crippen LogP contribution in [-0.4, -0.2) is 6.61 Å². The average molecular weight is 417 g/mol. The summed E-state index contributed by atoms with van der Waals surface area (Å²) < 4.78 is 60.7. The molecule has 1 fully saturated rings. The summed E-state index contributed by atoms with van der Waals surface area (Å²) in [5, 5.41) is 8.67. The van der Waals surface area contributed by atoms with Crippen molar-refractivity contribution in [2.45, 2.75) is 44.1 Å². The second-order valence-corrected chi connectivity index (χ2v) is 7.63. The molecule has 0 radical (unpaired) electrons. The van der Waals surface area contributed by atoms with Gasteiger partial charge in [0.15, 0.2) is 0 Å². The van der Waals surface area contributed by atoms with Crippen LogP contribution in [0.5, 0.6) is 0 Å². The Morgan fingerprint density at radius 3 is 2.20 bits per heavy atom. The molecule has 0 heterocycles. The summed E-state index contributed by atoms with van der Waals surface area (Å²) >= 11 is 0. The quantitative estimate of drug-likeness (QED) is 0.375. The van der Waals surface area contributed by atoms with Gasteiger partial charge in [0.25, 0.3) is 0 Å². The fourth-order valence-electron chi connectivity index (χ4n) is 3.89. The Morgan fingerprint density at radius 1 is 1.07 bits per heavy atom. The van der Waals surface area contributed by atoms with Crippen LogP contribution < -0.4 is 0 Å². The normalized spacial score (nSPS) is 19.3. The van der Waals surface area contributed by atoms with Gasteiger partial charge in [0.05, 0.1) is 12.2 Å². The summed E-state index contributed by atoms with van der Waals surface area (Å²) in [7, 11) is 0. The van der Waals surface area contributed by atoms with Crippen LogP contribution in [0.3, 0.4) is 0 Å². The first-order valence-electron chi connectivity index (χ1n) is 9.97. The monoisotopic (exact) mass is 417 g/mol. The first-order chi connectivity index (χ1) is 14.3. The van der Waals surface area contributed by atoms with Crippen molar-refractivity contribution in [3.05, 3.63) is 82.9 Å². The number of halogens is 4. The van der Waals surface area contributed by atoms with Gasteiger partial charge in [-0.25, -0.2) is 8.78 Å². The lowest BCUT2D eigenvalue weighted by Crippen LogP contribution is -2.20. The second kappa shape index (κ2) is 9.44. The number of allylic oxidation sites excluding steroid dienone is 1. The molecule has 1 saturated carbocycles. The molecule has 1 aliphatic rings. The number of nitrogens with zero attached hydrogens (tertiary/aromatic N) is 1. The third-order valence-electron chi connectivity index (χ3n) is 5.71. The van der Waals surface area contributed by atoms with Crippen LogP contribution in [0.2, 0.25) is 0 Å². The fourth-order valence-corrected chi connectivity index (χ4v) is 3.89. The predicted octanol–water partition coefficient (Wildman–Crippen LogP) is 6.60. The van der Waals surface area contributed by atoms with Gasteiger partial charge >= 0.3 is 6.11 Å². The van der Waals surface area contributed by atoms with Crippen molar-refractivity contribution in [2.24, 2.45) is 5.92 Å². The standard InChI is InChI=1S/C24H23F4NO/c1-2-16-3-5-18(6-4-16)19-7-9-20(10-8-19)24(27,28)30-12-11-17-13-22(25)21(15-29)23(26)14-17/h2,7-10,13-14,16,18H,1,3-6,11-12H2. The van der Waals surface area contributed by atoms with Crippen LogP contribution in [-0.2, 0) is 17.3 Å². The molecule has 30 heavy (non-hydrogen) atoms. The molecule has 0 spiro atoms. The minimum absolute atomic E-state index is 0.111. The van der Waals surface area contributed by atoms with Gasteiger partial charge in [-0.05, 0) is 67.2 Å². The number of hydrogen-bond acceptors (Lipinski definition) is 2. The van der Waals surface area contributed by atoms with E-state index in [1.54, 1.807) is 12.1 Å². The number of benzene rings is 2. The summed E-state index contributed by atoms with van der Waals surface area (Å²) in [5.74, 6) is -1.13. The highest BCUT2D eigenvalue weighted by atomic mass is 19.3. The van der Waals surface area contributed by atoms with Gasteiger partial charge in [0, 0.05) is 0 Å². The molecule has 1 aliphatic carbocycles. The maximum Gasteiger partial charge on any atom is 0.383 e. The Morgan fingerprint density at radius 2 is 1.67 bits per heavy atom. The lowest BCUT2D eigenvalue weighted by Gasteiger charge is -2.27. The molecule has 3 rings (SSSR count). The predicted molar refractivity (Wildman–Crippen MR) is 106 cm³/mol. The van der Waals surface area contributed by atoms with Gasteiger partial charge in [0.2, 0.25) is 0 Å². The highest BCUT2D eigenvalue weighted by Gasteiger charge is 2.33. The Bertz CT molecular complexity index is 902. The molecule has 0 atom stereocenters. The Kier molecular flexibility index (Phi) is 6.94. The van der Waals surface area contributed by atoms with E-state index >= 15 is 0 Å². The summed E-state index contributed by atoms with van der Waals surface area (Å²) in [6, 6.07) is 9.52. The zero-order chi connectivity index (χ0) is 21.7. The molecule has 0 amide bonds. The molecule has 158 valence electrons. The molecule has 0 unspecified atom stereocenters. The van der Waals surface area contributed by atoms with Crippen molar-refractivity contribution in [2.75, 3.05) is 6.61 Å². The van der Waals surface area contributed by atoms with Crippen molar-refractivity contribution in [1.82, 2.24) is 0 Å². The molecule has 0 aromatic heterocycles. The number of rotatable bonds is 7. The van der Waals surface area contributed by atoms with Gasteiger partial charge in [0.1, 0.15) is 23.3 Å². The van der Waals surface area contributed by atoms with E-state index in [0.717, 1.165) is 43.4 Å². The third kappa shape index (κ3) is 5.09. The van der Waals surface area contributed by atoms with E-state index in [4.69, 9.17) is 10.00 Å². The van der Waals surface area contributed by atoms with Gasteiger partial charge in [-0.3, -0.25) is 0 Å². The molecule has 2 aromatic rings. The molecule has 0 N–H and O–H groups in total. The Balaban J connectivity index is 1.58. The SMILES string of the molecule is C=CC1CCC(c2ccc(C(F)(F)OCCc3cc(F)c(C#N)c(F)c3)cc2)CC1. The summed E-state index contributed by atoms with van der Waals surface area (Å²) in [5.41, 5.74) is 0.233. The van der Waals surface area contributed by atoms with Crippen LogP contribution in [0, 0.1) is 28.9 Å². The third-order valence-corrected chi connectivity index (χ3v) is 5.71. The average Bonchev–Trinajstić information content (AvgIpc) is 2.74. The zero-order valence-corrected chi connectivity index (χ0v) is 16.5. The molecule has 0 saturated heterocycles. The minimum Gasteiger partial charge on any atom is -0.316 e. The molecule has 2 aromatic carbocycles. The Labute approximate surface area is 173 Å². The summed E-state index contributed by atoms with van der Waals surface area (Å²) in [6.07, 6.45) is 2.51.